The van der Waals surface area contributed by atoms with Crippen LogP contribution in [0.2, 0.25) is 0 Å². The minimum absolute atomic E-state index is 0.312. The molecule has 2 N–H and O–H groups in total. The van der Waals surface area contributed by atoms with E-state index in [1.54, 1.807) is 6.92 Å². The van der Waals surface area contributed by atoms with E-state index in [4.69, 9.17) is 9.84 Å². The lowest BCUT2D eigenvalue weighted by molar-refractivity contribution is 0.0701. The maximum absolute atomic E-state index is 10.9. The van der Waals surface area contributed by atoms with Crippen LogP contribution in [0, 0.1) is 12.8 Å². The number of nitrogens with zero attached hydrogens (tertiary/aromatic N) is 1. The van der Waals surface area contributed by atoms with Crippen LogP contribution in [0.15, 0.2) is 0 Å². The Balaban J connectivity index is 1.94. The molecule has 5 nitrogen and oxygen atoms in total. The van der Waals surface area contributed by atoms with Crippen LogP contribution >= 0.6 is 11.3 Å². The Morgan fingerprint density at radius 1 is 1.67 bits per heavy atom. The first kappa shape index (κ1) is 13.3. The second-order valence-corrected chi connectivity index (χ2v) is 5.48. The molecule has 1 aromatic rings. The molecule has 1 saturated heterocycles. The molecule has 2 heterocycles. The number of thiazole rings is 1. The van der Waals surface area contributed by atoms with Gasteiger partial charge in [-0.15, -0.1) is 0 Å². The van der Waals surface area contributed by atoms with Gasteiger partial charge in [0, 0.05) is 19.1 Å². The minimum Gasteiger partial charge on any atom is -0.477 e. The quantitative estimate of drug-likeness (QED) is 0.859. The van der Waals surface area contributed by atoms with Gasteiger partial charge in [-0.3, -0.25) is 0 Å². The zero-order valence-electron chi connectivity index (χ0n) is 10.6. The molecule has 1 aromatic heterocycles. The number of rotatable bonds is 5. The Labute approximate surface area is 110 Å². The summed E-state index contributed by atoms with van der Waals surface area (Å²) in [5.74, 6) is -0.416. The highest BCUT2D eigenvalue weighted by Gasteiger charge is 2.26. The first-order valence-corrected chi connectivity index (χ1v) is 6.99. The van der Waals surface area contributed by atoms with Crippen LogP contribution in [0.3, 0.4) is 0 Å². The van der Waals surface area contributed by atoms with E-state index >= 15 is 0 Å². The third-order valence-electron chi connectivity index (χ3n) is 3.26. The van der Waals surface area contributed by atoms with Crippen molar-refractivity contribution in [1.29, 1.82) is 0 Å². The van der Waals surface area contributed by atoms with Crippen LogP contribution in [0.1, 0.15) is 35.1 Å². The highest BCUT2D eigenvalue weighted by molar-refractivity contribution is 7.17. The molecule has 1 aliphatic heterocycles. The molecule has 2 unspecified atom stereocenters. The summed E-state index contributed by atoms with van der Waals surface area (Å²) in [6, 6.07) is 0. The first-order chi connectivity index (χ1) is 8.61. The zero-order valence-corrected chi connectivity index (χ0v) is 11.4. The van der Waals surface area contributed by atoms with Crippen LogP contribution in [0.5, 0.6) is 0 Å². The van der Waals surface area contributed by atoms with Gasteiger partial charge in [0.1, 0.15) is 4.88 Å². The molecular formula is C12H18N2O3S. The SMILES string of the molecule is CCC1OCCC1CNc1nc(C)c(C(=O)O)s1. The highest BCUT2D eigenvalue weighted by atomic mass is 32.1. The summed E-state index contributed by atoms with van der Waals surface area (Å²) in [6.45, 7) is 5.46. The Morgan fingerprint density at radius 2 is 2.44 bits per heavy atom. The number of carboxylic acid groups (broad SMARTS) is 1. The molecule has 0 spiro atoms. The summed E-state index contributed by atoms with van der Waals surface area (Å²) in [7, 11) is 0. The molecule has 0 saturated carbocycles. The number of nitrogens with one attached hydrogen (secondary N) is 1. The van der Waals surface area contributed by atoms with Crippen molar-refractivity contribution < 1.29 is 14.6 Å². The molecule has 1 fully saturated rings. The largest absolute Gasteiger partial charge is 0.477 e. The number of hydrogen-bond donors (Lipinski definition) is 2. The van der Waals surface area contributed by atoms with E-state index in [0.29, 0.717) is 27.7 Å². The van der Waals surface area contributed by atoms with Crippen LogP contribution < -0.4 is 5.32 Å². The molecule has 0 aromatic carbocycles. The van der Waals surface area contributed by atoms with Crippen molar-refractivity contribution in [3.8, 4) is 0 Å². The summed E-state index contributed by atoms with van der Waals surface area (Å²) < 4.78 is 5.62. The molecular weight excluding hydrogens is 252 g/mol. The van der Waals surface area contributed by atoms with Crippen molar-refractivity contribution >= 4 is 22.4 Å². The zero-order chi connectivity index (χ0) is 13.1. The number of aromatic carboxylic acids is 1. The van der Waals surface area contributed by atoms with Crippen LogP contribution in [0.4, 0.5) is 5.13 Å². The van der Waals surface area contributed by atoms with Gasteiger partial charge >= 0.3 is 5.97 Å². The molecule has 18 heavy (non-hydrogen) atoms. The Kier molecular flexibility index (Phi) is 4.19. The van der Waals surface area contributed by atoms with Gasteiger partial charge in [-0.05, 0) is 19.8 Å². The van der Waals surface area contributed by atoms with Gasteiger partial charge in [0.25, 0.3) is 0 Å². The third kappa shape index (κ3) is 2.81. The van der Waals surface area contributed by atoms with Crippen molar-refractivity contribution in [2.75, 3.05) is 18.5 Å². The van der Waals surface area contributed by atoms with E-state index in [1.807, 2.05) is 0 Å². The lowest BCUT2D eigenvalue weighted by Gasteiger charge is -2.16. The topological polar surface area (TPSA) is 71.5 Å². The van der Waals surface area contributed by atoms with Crippen LogP contribution in [-0.2, 0) is 4.74 Å². The van der Waals surface area contributed by atoms with Gasteiger partial charge < -0.3 is 15.2 Å². The molecule has 1 aliphatic rings. The molecule has 0 bridgehead atoms. The minimum atomic E-state index is -0.909. The number of aromatic nitrogens is 1. The normalized spacial score (nSPS) is 23.2. The molecule has 0 radical (unpaired) electrons. The van der Waals surface area contributed by atoms with Crippen molar-refractivity contribution in [1.82, 2.24) is 4.98 Å². The molecule has 2 rings (SSSR count). The fourth-order valence-corrected chi connectivity index (χ4v) is 3.08. The number of anilines is 1. The smallest absolute Gasteiger partial charge is 0.347 e. The standard InChI is InChI=1S/C12H18N2O3S/c1-3-9-8(4-5-17-9)6-13-12-14-7(2)10(18-12)11(15)16/h8-9H,3-6H2,1-2H3,(H,13,14)(H,15,16). The van der Waals surface area contributed by atoms with E-state index in [1.165, 1.54) is 11.3 Å². The summed E-state index contributed by atoms with van der Waals surface area (Å²) in [4.78, 5) is 15.5. The van der Waals surface area contributed by atoms with Gasteiger partial charge in [0.2, 0.25) is 0 Å². The van der Waals surface area contributed by atoms with Gasteiger partial charge in [0.15, 0.2) is 5.13 Å². The second kappa shape index (κ2) is 5.67. The number of carboxylic acids is 1. The predicted molar refractivity (Wildman–Crippen MR) is 70.4 cm³/mol. The fourth-order valence-electron chi connectivity index (χ4n) is 2.27. The maximum atomic E-state index is 10.9. The molecule has 6 heteroatoms. The number of ether oxygens (including phenoxy) is 1. The lowest BCUT2D eigenvalue weighted by atomic mass is 10.00. The Hall–Kier alpha value is -1.14. The van der Waals surface area contributed by atoms with Gasteiger partial charge in [-0.1, -0.05) is 18.3 Å². The molecule has 2 atom stereocenters. The Bertz CT molecular complexity index is 433. The molecule has 100 valence electrons. The predicted octanol–water partition coefficient (Wildman–Crippen LogP) is 2.38. The van der Waals surface area contributed by atoms with Crippen LogP contribution in [0.25, 0.3) is 0 Å². The summed E-state index contributed by atoms with van der Waals surface area (Å²) in [5.41, 5.74) is 0.574. The average molecular weight is 270 g/mol. The van der Waals surface area contributed by atoms with Crippen molar-refractivity contribution in [3.05, 3.63) is 10.6 Å². The van der Waals surface area contributed by atoms with E-state index in [2.05, 4.69) is 17.2 Å². The van der Waals surface area contributed by atoms with E-state index < -0.39 is 5.97 Å². The summed E-state index contributed by atoms with van der Waals surface area (Å²) in [5, 5.41) is 12.9. The number of carbonyl (C=O) groups is 1. The summed E-state index contributed by atoms with van der Waals surface area (Å²) in [6.07, 6.45) is 2.39. The van der Waals surface area contributed by atoms with Crippen molar-refractivity contribution in [2.24, 2.45) is 5.92 Å². The van der Waals surface area contributed by atoms with Crippen molar-refractivity contribution in [3.63, 3.8) is 0 Å². The van der Waals surface area contributed by atoms with Gasteiger partial charge in [-0.2, -0.15) is 0 Å². The monoisotopic (exact) mass is 270 g/mol. The second-order valence-electron chi connectivity index (χ2n) is 4.49. The van der Waals surface area contributed by atoms with E-state index in [-0.39, 0.29) is 0 Å². The van der Waals surface area contributed by atoms with Crippen LogP contribution in [-0.4, -0.2) is 35.3 Å². The molecule has 0 amide bonds. The first-order valence-electron chi connectivity index (χ1n) is 6.18. The number of hydrogen-bond acceptors (Lipinski definition) is 5. The molecule has 0 aliphatic carbocycles. The summed E-state index contributed by atoms with van der Waals surface area (Å²) >= 11 is 1.20. The number of aryl methyl sites for hydroxylation is 1. The van der Waals surface area contributed by atoms with Gasteiger partial charge in [0.05, 0.1) is 11.8 Å². The highest BCUT2D eigenvalue weighted by Crippen LogP contribution is 2.26. The third-order valence-corrected chi connectivity index (χ3v) is 4.36. The lowest BCUT2D eigenvalue weighted by Crippen LogP contribution is -2.22. The Morgan fingerprint density at radius 3 is 3.06 bits per heavy atom. The average Bonchev–Trinajstić information content (AvgIpc) is 2.92. The van der Waals surface area contributed by atoms with Gasteiger partial charge in [-0.25, -0.2) is 9.78 Å². The van der Waals surface area contributed by atoms with Crippen molar-refractivity contribution in [2.45, 2.75) is 32.8 Å². The fraction of sp³-hybridized carbons (Fsp3) is 0.667. The van der Waals surface area contributed by atoms with E-state index in [0.717, 1.165) is 26.0 Å². The maximum Gasteiger partial charge on any atom is 0.347 e. The van der Waals surface area contributed by atoms with E-state index in [9.17, 15) is 4.79 Å².